The van der Waals surface area contributed by atoms with Crippen LogP contribution in [0.2, 0.25) is 0 Å². The molecular weight excluding hydrogens is 440 g/mol. The third-order valence-corrected chi connectivity index (χ3v) is 5.59. The van der Waals surface area contributed by atoms with Crippen molar-refractivity contribution >= 4 is 29.4 Å². The summed E-state index contributed by atoms with van der Waals surface area (Å²) in [5.41, 5.74) is 0.978. The molecule has 1 unspecified atom stereocenters. The molecule has 0 aliphatic carbocycles. The van der Waals surface area contributed by atoms with Gasteiger partial charge in [-0.3, -0.25) is 24.6 Å². The Morgan fingerprint density at radius 1 is 1.15 bits per heavy atom. The summed E-state index contributed by atoms with van der Waals surface area (Å²) >= 11 is 0. The van der Waals surface area contributed by atoms with E-state index in [1.807, 2.05) is 31.2 Å². The van der Waals surface area contributed by atoms with Gasteiger partial charge in [0, 0.05) is 18.2 Å². The Labute approximate surface area is 194 Å². The molecule has 0 spiro atoms. The minimum absolute atomic E-state index is 0.211. The average Bonchev–Trinajstić information content (AvgIpc) is 3.26. The van der Waals surface area contributed by atoms with E-state index in [-0.39, 0.29) is 11.3 Å². The van der Waals surface area contributed by atoms with Crippen molar-refractivity contribution in [3.63, 3.8) is 0 Å². The number of nitro benzene ring substituents is 1. The van der Waals surface area contributed by atoms with Crippen molar-refractivity contribution in [3.05, 3.63) is 81.5 Å². The maximum atomic E-state index is 13.1. The van der Waals surface area contributed by atoms with Gasteiger partial charge in [-0.1, -0.05) is 29.8 Å². The number of carbonyl (C=O) groups excluding carboxylic acids is 3. The quantitative estimate of drug-likeness (QED) is 0.328. The van der Waals surface area contributed by atoms with Crippen molar-refractivity contribution in [3.8, 4) is 5.69 Å². The van der Waals surface area contributed by atoms with Crippen LogP contribution in [0.5, 0.6) is 0 Å². The Morgan fingerprint density at radius 3 is 2.53 bits per heavy atom. The molecule has 1 atom stereocenters. The van der Waals surface area contributed by atoms with Crippen LogP contribution in [0, 0.1) is 24.0 Å². The monoisotopic (exact) mass is 462 g/mol. The van der Waals surface area contributed by atoms with Gasteiger partial charge in [-0.05, 0) is 38.5 Å². The van der Waals surface area contributed by atoms with Crippen molar-refractivity contribution in [1.29, 1.82) is 0 Å². The first-order valence-electron chi connectivity index (χ1n) is 10.4. The van der Waals surface area contributed by atoms with Gasteiger partial charge in [-0.2, -0.15) is 5.10 Å². The number of amides is 4. The highest BCUT2D eigenvalue weighted by atomic mass is 16.6. The number of rotatable bonds is 6. The first kappa shape index (κ1) is 22.6. The normalized spacial score (nSPS) is 17.6. The molecule has 34 heavy (non-hydrogen) atoms. The van der Waals surface area contributed by atoms with E-state index in [2.05, 4.69) is 15.7 Å². The molecule has 1 aromatic heterocycles. The largest absolute Gasteiger partial charge is 0.325 e. The number of aromatic nitrogens is 2. The maximum absolute atomic E-state index is 13.1. The Balaban J connectivity index is 1.53. The lowest BCUT2D eigenvalue weighted by molar-refractivity contribution is -0.385. The van der Waals surface area contributed by atoms with Crippen LogP contribution in [0.25, 0.3) is 5.69 Å². The van der Waals surface area contributed by atoms with Gasteiger partial charge in [0.1, 0.15) is 17.9 Å². The zero-order chi connectivity index (χ0) is 24.6. The molecule has 11 heteroatoms. The molecule has 0 saturated carbocycles. The zero-order valence-electron chi connectivity index (χ0n) is 18.7. The summed E-state index contributed by atoms with van der Waals surface area (Å²) in [7, 11) is 0. The molecule has 1 aliphatic heterocycles. The van der Waals surface area contributed by atoms with Gasteiger partial charge in [0.2, 0.25) is 5.91 Å². The zero-order valence-corrected chi connectivity index (χ0v) is 18.7. The van der Waals surface area contributed by atoms with Gasteiger partial charge in [-0.25, -0.2) is 9.48 Å². The number of benzene rings is 2. The second-order valence-electron chi connectivity index (χ2n) is 8.22. The lowest BCUT2D eigenvalue weighted by Crippen LogP contribution is -2.42. The molecule has 2 heterocycles. The molecule has 0 bridgehead atoms. The van der Waals surface area contributed by atoms with Crippen LogP contribution in [-0.4, -0.2) is 44.0 Å². The summed E-state index contributed by atoms with van der Waals surface area (Å²) < 4.78 is 1.56. The Bertz CT molecular complexity index is 1320. The molecule has 2 aromatic carbocycles. The van der Waals surface area contributed by atoms with Gasteiger partial charge in [-0.15, -0.1) is 0 Å². The van der Waals surface area contributed by atoms with Crippen LogP contribution in [0.15, 0.2) is 54.6 Å². The van der Waals surface area contributed by atoms with E-state index < -0.39 is 34.9 Å². The molecular formula is C23H22N6O5. The number of hydrogen-bond donors (Lipinski definition) is 2. The third-order valence-electron chi connectivity index (χ3n) is 5.59. The van der Waals surface area contributed by atoms with Gasteiger partial charge in [0.15, 0.2) is 0 Å². The summed E-state index contributed by atoms with van der Waals surface area (Å²) in [6, 6.07) is 13.9. The van der Waals surface area contributed by atoms with Crippen molar-refractivity contribution in [2.45, 2.75) is 26.3 Å². The van der Waals surface area contributed by atoms with Crippen molar-refractivity contribution in [2.75, 3.05) is 11.9 Å². The summed E-state index contributed by atoms with van der Waals surface area (Å²) in [5, 5.41) is 20.8. The number of nitrogens with zero attached hydrogens (tertiary/aromatic N) is 4. The van der Waals surface area contributed by atoms with Crippen LogP contribution in [-0.2, 0) is 15.1 Å². The number of urea groups is 1. The molecule has 11 nitrogen and oxygen atoms in total. The SMILES string of the molecule is Cc1ccc(-n2nc(C)cc2NC(=O)CN2C(=O)NC(C)(c3cccc([N+](=O)[O-])c3)C2=O)cc1. The number of carbonyl (C=O) groups is 3. The maximum Gasteiger partial charge on any atom is 0.325 e. The van der Waals surface area contributed by atoms with E-state index in [0.717, 1.165) is 16.2 Å². The lowest BCUT2D eigenvalue weighted by Gasteiger charge is -2.22. The van der Waals surface area contributed by atoms with E-state index in [1.165, 1.54) is 31.2 Å². The van der Waals surface area contributed by atoms with Gasteiger partial charge < -0.3 is 10.6 Å². The van der Waals surface area contributed by atoms with Crippen LogP contribution >= 0.6 is 0 Å². The summed E-state index contributed by atoms with van der Waals surface area (Å²) in [6.07, 6.45) is 0. The minimum Gasteiger partial charge on any atom is -0.319 e. The molecule has 0 radical (unpaired) electrons. The van der Waals surface area contributed by atoms with Gasteiger partial charge >= 0.3 is 6.03 Å². The molecule has 3 aromatic rings. The minimum atomic E-state index is -1.54. The second kappa shape index (κ2) is 8.43. The number of nitrogens with one attached hydrogen (secondary N) is 2. The Hall–Kier alpha value is -4.54. The summed E-state index contributed by atoms with van der Waals surface area (Å²) in [4.78, 5) is 49.8. The van der Waals surface area contributed by atoms with Gasteiger partial charge in [0.05, 0.1) is 16.3 Å². The molecule has 4 rings (SSSR count). The van der Waals surface area contributed by atoms with E-state index in [1.54, 1.807) is 17.7 Å². The summed E-state index contributed by atoms with van der Waals surface area (Å²) in [5.74, 6) is -0.892. The van der Waals surface area contributed by atoms with E-state index in [0.29, 0.717) is 11.5 Å². The first-order valence-corrected chi connectivity index (χ1v) is 10.4. The van der Waals surface area contributed by atoms with E-state index in [9.17, 15) is 24.5 Å². The number of hydrogen-bond acceptors (Lipinski definition) is 6. The Morgan fingerprint density at radius 2 is 1.85 bits per heavy atom. The molecule has 174 valence electrons. The van der Waals surface area contributed by atoms with Crippen molar-refractivity contribution < 1.29 is 19.3 Å². The number of non-ortho nitro benzene ring substituents is 1. The molecule has 1 aliphatic rings. The highest BCUT2D eigenvalue weighted by Crippen LogP contribution is 2.31. The van der Waals surface area contributed by atoms with Crippen molar-refractivity contribution in [1.82, 2.24) is 20.0 Å². The van der Waals surface area contributed by atoms with E-state index in [4.69, 9.17) is 0 Å². The van der Waals surface area contributed by atoms with E-state index >= 15 is 0 Å². The first-order chi connectivity index (χ1) is 16.1. The Kier molecular flexibility index (Phi) is 5.61. The lowest BCUT2D eigenvalue weighted by atomic mass is 9.91. The molecule has 1 fully saturated rings. The highest BCUT2D eigenvalue weighted by molar-refractivity contribution is 6.10. The smallest absolute Gasteiger partial charge is 0.319 e. The fourth-order valence-corrected chi connectivity index (χ4v) is 3.76. The average molecular weight is 462 g/mol. The van der Waals surface area contributed by atoms with Crippen LogP contribution < -0.4 is 10.6 Å². The predicted octanol–water partition coefficient (Wildman–Crippen LogP) is 2.80. The van der Waals surface area contributed by atoms with Crippen molar-refractivity contribution in [2.24, 2.45) is 0 Å². The second-order valence-corrected chi connectivity index (χ2v) is 8.22. The number of nitro groups is 1. The molecule has 4 amide bonds. The predicted molar refractivity (Wildman–Crippen MR) is 122 cm³/mol. The van der Waals surface area contributed by atoms with Crippen LogP contribution in [0.1, 0.15) is 23.7 Å². The fraction of sp³-hybridized carbons (Fsp3) is 0.217. The molecule has 1 saturated heterocycles. The fourth-order valence-electron chi connectivity index (χ4n) is 3.76. The standard InChI is InChI=1S/C23H22N6O5/c1-14-7-9-17(10-8-14)28-19(11-15(2)26-28)24-20(30)13-27-21(31)23(3,25-22(27)32)16-5-4-6-18(12-16)29(33)34/h4-12H,13H2,1-3H3,(H,24,30)(H,25,32). The third kappa shape index (κ3) is 4.10. The highest BCUT2D eigenvalue weighted by Gasteiger charge is 2.49. The van der Waals surface area contributed by atoms with Crippen LogP contribution in [0.4, 0.5) is 16.3 Å². The summed E-state index contributed by atoms with van der Waals surface area (Å²) in [6.45, 7) is 4.65. The number of aryl methyl sites for hydroxylation is 2. The number of anilines is 1. The van der Waals surface area contributed by atoms with Gasteiger partial charge in [0.25, 0.3) is 11.6 Å². The number of imide groups is 1. The molecule has 2 N–H and O–H groups in total. The topological polar surface area (TPSA) is 139 Å². The van der Waals surface area contributed by atoms with Crippen LogP contribution in [0.3, 0.4) is 0 Å².